The third-order valence-electron chi connectivity index (χ3n) is 1.52. The van der Waals surface area contributed by atoms with E-state index in [1.165, 1.54) is 0 Å². The highest BCUT2D eigenvalue weighted by Gasteiger charge is 2.05. The molecule has 0 N–H and O–H groups in total. The average Bonchev–Trinajstić information content (AvgIpc) is 2.30. The van der Waals surface area contributed by atoms with Gasteiger partial charge in [-0.05, 0) is 45.5 Å². The number of aromatic nitrogens is 3. The average molecular weight is 298 g/mol. The summed E-state index contributed by atoms with van der Waals surface area (Å²) in [5.74, 6) is 0. The van der Waals surface area contributed by atoms with Gasteiger partial charge in [0.2, 0.25) is 4.73 Å². The lowest BCUT2D eigenvalue weighted by molar-refractivity contribution is 0.263. The minimum Gasteiger partial charge on any atom is -0.288 e. The Kier molecular flexibility index (Phi) is 3.67. The van der Waals surface area contributed by atoms with Gasteiger partial charge in [-0.1, -0.05) is 6.92 Å². The molecule has 12 heavy (non-hydrogen) atoms. The highest BCUT2D eigenvalue weighted by molar-refractivity contribution is 9.11. The van der Waals surface area contributed by atoms with Crippen LogP contribution in [-0.2, 0) is 6.67 Å². The summed E-state index contributed by atoms with van der Waals surface area (Å²) >= 11 is 6.51. The molecule has 0 aliphatic rings. The molecule has 0 saturated heterocycles. The second kappa shape index (κ2) is 4.34. The summed E-state index contributed by atoms with van der Waals surface area (Å²) in [4.78, 5) is 6.19. The van der Waals surface area contributed by atoms with Crippen molar-refractivity contribution in [2.45, 2.75) is 13.6 Å². The van der Waals surface area contributed by atoms with Crippen molar-refractivity contribution in [1.29, 1.82) is 0 Å². The summed E-state index contributed by atoms with van der Waals surface area (Å²) in [5.41, 5.74) is 0. The third kappa shape index (κ3) is 2.53. The molecular formula is C6H10Br2N4. The maximum atomic E-state index is 4.13. The molecule has 0 spiro atoms. The van der Waals surface area contributed by atoms with E-state index in [0.29, 0.717) is 4.73 Å². The Hall–Kier alpha value is 0.0600. The Balaban J connectivity index is 2.68. The van der Waals surface area contributed by atoms with E-state index in [0.717, 1.165) is 17.9 Å². The highest BCUT2D eigenvalue weighted by Crippen LogP contribution is 2.10. The van der Waals surface area contributed by atoms with E-state index < -0.39 is 0 Å². The summed E-state index contributed by atoms with van der Waals surface area (Å²) in [7, 11) is 2.03. The molecule has 0 atom stereocenters. The van der Waals surface area contributed by atoms with Crippen LogP contribution in [-0.4, -0.2) is 33.3 Å². The second-order valence-electron chi connectivity index (χ2n) is 2.46. The van der Waals surface area contributed by atoms with Crippen molar-refractivity contribution < 1.29 is 0 Å². The molecule has 0 amide bonds. The van der Waals surface area contributed by atoms with Crippen molar-refractivity contribution >= 4 is 31.9 Å². The van der Waals surface area contributed by atoms with Crippen LogP contribution in [0, 0.1) is 0 Å². The molecule has 0 unspecified atom stereocenters. The fraction of sp³-hybridized carbons (Fsp3) is 0.667. The molecule has 4 nitrogen and oxygen atoms in total. The molecule has 68 valence electrons. The van der Waals surface area contributed by atoms with E-state index in [9.17, 15) is 0 Å². The number of hydrogen-bond acceptors (Lipinski definition) is 3. The fourth-order valence-electron chi connectivity index (χ4n) is 0.716. The minimum atomic E-state index is 0.610. The fourth-order valence-corrected chi connectivity index (χ4v) is 1.67. The normalized spacial score (nSPS) is 11.1. The number of halogens is 2. The maximum absolute atomic E-state index is 4.13. The quantitative estimate of drug-likeness (QED) is 0.852. The van der Waals surface area contributed by atoms with Gasteiger partial charge in [-0.15, -0.1) is 5.10 Å². The molecular weight excluding hydrogens is 288 g/mol. The van der Waals surface area contributed by atoms with E-state index in [-0.39, 0.29) is 0 Å². The summed E-state index contributed by atoms with van der Waals surface area (Å²) in [6.45, 7) is 3.83. The number of rotatable bonds is 3. The van der Waals surface area contributed by atoms with Gasteiger partial charge in [0.15, 0.2) is 4.73 Å². The van der Waals surface area contributed by atoms with Gasteiger partial charge in [0.1, 0.15) is 0 Å². The molecule has 0 bridgehead atoms. The summed E-state index contributed by atoms with van der Waals surface area (Å²) in [6, 6.07) is 0. The van der Waals surface area contributed by atoms with Gasteiger partial charge in [-0.25, -0.2) is 4.68 Å². The zero-order valence-electron chi connectivity index (χ0n) is 6.96. The van der Waals surface area contributed by atoms with Crippen molar-refractivity contribution in [2.75, 3.05) is 13.6 Å². The van der Waals surface area contributed by atoms with E-state index in [1.807, 2.05) is 7.05 Å². The predicted molar refractivity (Wildman–Crippen MR) is 53.7 cm³/mol. The van der Waals surface area contributed by atoms with Crippen molar-refractivity contribution in [1.82, 2.24) is 19.7 Å². The first-order valence-electron chi connectivity index (χ1n) is 3.58. The zero-order valence-corrected chi connectivity index (χ0v) is 10.1. The Morgan fingerprint density at radius 1 is 1.50 bits per heavy atom. The number of nitrogens with zero attached hydrogens (tertiary/aromatic N) is 4. The first kappa shape index (κ1) is 10.1. The first-order chi connectivity index (χ1) is 5.63. The van der Waals surface area contributed by atoms with Crippen molar-refractivity contribution in [3.8, 4) is 0 Å². The van der Waals surface area contributed by atoms with Gasteiger partial charge in [-0.3, -0.25) is 4.90 Å². The van der Waals surface area contributed by atoms with Crippen LogP contribution in [0.2, 0.25) is 0 Å². The molecule has 0 aromatic carbocycles. The lowest BCUT2D eigenvalue weighted by Crippen LogP contribution is -2.22. The number of hydrogen-bond donors (Lipinski definition) is 0. The van der Waals surface area contributed by atoms with Crippen molar-refractivity contribution in [2.24, 2.45) is 0 Å². The van der Waals surface area contributed by atoms with Crippen LogP contribution < -0.4 is 0 Å². The van der Waals surface area contributed by atoms with E-state index in [1.54, 1.807) is 4.68 Å². The Bertz CT molecular complexity index is 260. The largest absolute Gasteiger partial charge is 0.288 e. The van der Waals surface area contributed by atoms with Crippen LogP contribution >= 0.6 is 31.9 Å². The summed E-state index contributed by atoms with van der Waals surface area (Å²) in [6.07, 6.45) is 0. The molecule has 1 rings (SSSR count). The Labute approximate surface area is 88.2 Å². The van der Waals surface area contributed by atoms with Crippen molar-refractivity contribution in [3.05, 3.63) is 9.47 Å². The third-order valence-corrected chi connectivity index (χ3v) is 2.44. The molecule has 0 aliphatic heterocycles. The van der Waals surface area contributed by atoms with Gasteiger partial charge >= 0.3 is 0 Å². The highest BCUT2D eigenvalue weighted by atomic mass is 79.9. The Morgan fingerprint density at radius 2 is 2.17 bits per heavy atom. The predicted octanol–water partition coefficient (Wildman–Crippen LogP) is 1.71. The SMILES string of the molecule is CCN(C)Cn1nc(Br)nc1Br. The van der Waals surface area contributed by atoms with E-state index in [4.69, 9.17) is 0 Å². The molecule has 0 aliphatic carbocycles. The van der Waals surface area contributed by atoms with Gasteiger partial charge in [0.25, 0.3) is 0 Å². The van der Waals surface area contributed by atoms with Crippen LogP contribution in [0.3, 0.4) is 0 Å². The maximum Gasteiger partial charge on any atom is 0.218 e. The molecule has 0 fully saturated rings. The van der Waals surface area contributed by atoms with Crippen molar-refractivity contribution in [3.63, 3.8) is 0 Å². The lowest BCUT2D eigenvalue weighted by Gasteiger charge is -2.13. The van der Waals surface area contributed by atoms with Gasteiger partial charge in [0, 0.05) is 0 Å². The molecule has 0 saturated carbocycles. The zero-order chi connectivity index (χ0) is 9.14. The van der Waals surface area contributed by atoms with Gasteiger partial charge in [0.05, 0.1) is 6.67 Å². The first-order valence-corrected chi connectivity index (χ1v) is 5.16. The Morgan fingerprint density at radius 3 is 2.58 bits per heavy atom. The van der Waals surface area contributed by atoms with E-state index in [2.05, 4.69) is 53.8 Å². The molecule has 1 heterocycles. The van der Waals surface area contributed by atoms with E-state index >= 15 is 0 Å². The van der Waals surface area contributed by atoms with Crippen LogP contribution in [0.15, 0.2) is 9.47 Å². The van der Waals surface area contributed by atoms with Crippen LogP contribution in [0.4, 0.5) is 0 Å². The molecule has 6 heteroatoms. The molecule has 1 aromatic rings. The monoisotopic (exact) mass is 296 g/mol. The topological polar surface area (TPSA) is 34.0 Å². The van der Waals surface area contributed by atoms with Crippen LogP contribution in [0.5, 0.6) is 0 Å². The van der Waals surface area contributed by atoms with Crippen LogP contribution in [0.25, 0.3) is 0 Å². The van der Waals surface area contributed by atoms with Gasteiger partial charge < -0.3 is 0 Å². The standard InChI is InChI=1S/C6H10Br2N4/c1-3-11(2)4-12-6(8)9-5(7)10-12/h3-4H2,1-2H3. The van der Waals surface area contributed by atoms with Crippen LogP contribution in [0.1, 0.15) is 6.92 Å². The molecule has 1 aromatic heterocycles. The lowest BCUT2D eigenvalue weighted by atomic mass is 10.7. The summed E-state index contributed by atoms with van der Waals surface area (Å²) < 4.78 is 3.14. The molecule has 0 radical (unpaired) electrons. The second-order valence-corrected chi connectivity index (χ2v) is 3.88. The minimum absolute atomic E-state index is 0.610. The van der Waals surface area contributed by atoms with Gasteiger partial charge in [-0.2, -0.15) is 4.98 Å². The summed E-state index contributed by atoms with van der Waals surface area (Å²) in [5, 5.41) is 4.13. The smallest absolute Gasteiger partial charge is 0.218 e.